The number of azo groups is 1. The smallest absolute Gasteiger partial charge is 0.345 e. The molecule has 2 heterocycles. The molecule has 21 heavy (non-hydrogen) atoms. The highest BCUT2D eigenvalue weighted by Crippen LogP contribution is 2.33. The van der Waals surface area contributed by atoms with E-state index in [2.05, 4.69) is 20.2 Å². The Morgan fingerprint density at radius 2 is 2.10 bits per heavy atom. The van der Waals surface area contributed by atoms with Crippen molar-refractivity contribution in [2.75, 3.05) is 0 Å². The summed E-state index contributed by atoms with van der Waals surface area (Å²) in [7, 11) is 0. The first-order valence-electron chi connectivity index (χ1n) is 5.74. The van der Waals surface area contributed by atoms with Gasteiger partial charge >= 0.3 is 5.00 Å². The summed E-state index contributed by atoms with van der Waals surface area (Å²) in [5.74, 6) is 0.0504. The third kappa shape index (κ3) is 2.54. The van der Waals surface area contributed by atoms with E-state index in [1.165, 1.54) is 6.07 Å². The molecule has 0 atom stereocenters. The van der Waals surface area contributed by atoms with E-state index in [9.17, 15) is 15.2 Å². The Morgan fingerprint density at radius 3 is 2.86 bits per heavy atom. The van der Waals surface area contributed by atoms with Crippen LogP contribution in [0.1, 0.15) is 0 Å². The number of nitrogens with zero attached hydrogens (tertiary/aromatic N) is 5. The molecular formula is C12H7N5O3S. The number of fused-ring (bicyclic) bond motifs is 1. The van der Waals surface area contributed by atoms with Crippen molar-refractivity contribution in [1.82, 2.24) is 9.97 Å². The van der Waals surface area contributed by atoms with Crippen LogP contribution in [0.3, 0.4) is 0 Å². The molecule has 104 valence electrons. The van der Waals surface area contributed by atoms with Crippen molar-refractivity contribution >= 4 is 38.1 Å². The van der Waals surface area contributed by atoms with Crippen LogP contribution >= 0.6 is 11.3 Å². The number of hydrogen-bond donors (Lipinski definition) is 1. The van der Waals surface area contributed by atoms with Crippen LogP contribution in [-0.2, 0) is 0 Å². The molecule has 0 unspecified atom stereocenters. The number of hydrogen-bond acceptors (Lipinski definition) is 8. The van der Waals surface area contributed by atoms with Gasteiger partial charge in [0.05, 0.1) is 10.6 Å². The summed E-state index contributed by atoms with van der Waals surface area (Å²) < 4.78 is 0. The zero-order chi connectivity index (χ0) is 14.8. The van der Waals surface area contributed by atoms with E-state index in [0.717, 1.165) is 17.5 Å². The molecule has 0 aliphatic rings. The van der Waals surface area contributed by atoms with Gasteiger partial charge in [0.1, 0.15) is 17.5 Å². The molecule has 2 aromatic heterocycles. The van der Waals surface area contributed by atoms with Crippen molar-refractivity contribution in [3.63, 3.8) is 0 Å². The summed E-state index contributed by atoms with van der Waals surface area (Å²) in [6, 6.07) is 6.52. The Bertz CT molecular complexity index is 861. The van der Waals surface area contributed by atoms with Crippen molar-refractivity contribution in [1.29, 1.82) is 0 Å². The number of phenolic OH excluding ortho intramolecular Hbond substituents is 1. The van der Waals surface area contributed by atoms with Crippen molar-refractivity contribution in [2.24, 2.45) is 10.2 Å². The van der Waals surface area contributed by atoms with Gasteiger partial charge in [0.2, 0.25) is 5.13 Å². The minimum absolute atomic E-state index is 0.0504. The Kier molecular flexibility index (Phi) is 3.24. The van der Waals surface area contributed by atoms with Crippen LogP contribution in [0.4, 0.5) is 15.8 Å². The summed E-state index contributed by atoms with van der Waals surface area (Å²) in [5, 5.41) is 28.9. The predicted molar refractivity (Wildman–Crippen MR) is 76.4 cm³/mol. The average Bonchev–Trinajstić information content (AvgIpc) is 2.96. The molecule has 3 aromatic rings. The third-order valence-corrected chi connectivity index (χ3v) is 3.46. The largest absolute Gasteiger partial charge is 0.506 e. The second-order valence-corrected chi connectivity index (χ2v) is 4.93. The Labute approximate surface area is 121 Å². The number of benzene rings is 1. The summed E-state index contributed by atoms with van der Waals surface area (Å²) in [5.41, 5.74) is 0.910. The van der Waals surface area contributed by atoms with Crippen molar-refractivity contribution in [2.45, 2.75) is 0 Å². The lowest BCUT2D eigenvalue weighted by Crippen LogP contribution is -1.80. The van der Waals surface area contributed by atoms with Crippen LogP contribution < -0.4 is 0 Å². The Balaban J connectivity index is 1.99. The SMILES string of the molecule is O=[N+]([O-])c1cnc(N=Nc2ccc(O)c3ncccc23)s1. The molecule has 0 amide bonds. The monoisotopic (exact) mass is 301 g/mol. The molecule has 9 heteroatoms. The predicted octanol–water partition coefficient (Wildman–Crippen LogP) is 3.72. The Hall–Kier alpha value is -2.94. The van der Waals surface area contributed by atoms with Crippen LogP contribution in [0.2, 0.25) is 0 Å². The van der Waals surface area contributed by atoms with Gasteiger partial charge in [-0.2, -0.15) is 0 Å². The van der Waals surface area contributed by atoms with Gasteiger partial charge in [0, 0.05) is 11.6 Å². The fraction of sp³-hybridized carbons (Fsp3) is 0. The lowest BCUT2D eigenvalue weighted by Gasteiger charge is -2.01. The van der Waals surface area contributed by atoms with E-state index in [1.54, 1.807) is 24.4 Å². The molecule has 0 bridgehead atoms. The number of thiazole rings is 1. The summed E-state index contributed by atoms with van der Waals surface area (Å²) >= 11 is 0.833. The van der Waals surface area contributed by atoms with Gasteiger partial charge in [0.15, 0.2) is 0 Å². The van der Waals surface area contributed by atoms with Gasteiger partial charge in [-0.1, -0.05) is 0 Å². The summed E-state index contributed by atoms with van der Waals surface area (Å²) in [6.07, 6.45) is 2.70. The lowest BCUT2D eigenvalue weighted by atomic mass is 10.2. The zero-order valence-corrected chi connectivity index (χ0v) is 11.2. The highest BCUT2D eigenvalue weighted by Gasteiger charge is 2.11. The molecular weight excluding hydrogens is 294 g/mol. The maximum atomic E-state index is 10.6. The normalized spacial score (nSPS) is 11.2. The standard InChI is InChI=1S/C12H7N5O3S/c18-9-4-3-8(7-2-1-5-13-11(7)9)15-16-12-14-6-10(21-12)17(19)20/h1-6,18H. The van der Waals surface area contributed by atoms with Crippen molar-refractivity contribution in [3.8, 4) is 5.75 Å². The number of nitro groups is 1. The van der Waals surface area contributed by atoms with Gasteiger partial charge < -0.3 is 5.11 Å². The molecule has 1 aromatic carbocycles. The van der Waals surface area contributed by atoms with Crippen LogP contribution in [0.15, 0.2) is 46.9 Å². The Morgan fingerprint density at radius 1 is 1.24 bits per heavy atom. The molecule has 0 radical (unpaired) electrons. The fourth-order valence-corrected chi connectivity index (χ4v) is 2.27. The first kappa shape index (κ1) is 13.1. The molecule has 0 aliphatic heterocycles. The topological polar surface area (TPSA) is 114 Å². The number of aromatic hydroxyl groups is 1. The maximum absolute atomic E-state index is 10.6. The van der Waals surface area contributed by atoms with E-state index in [1.807, 2.05) is 0 Å². The van der Waals surface area contributed by atoms with Crippen LogP contribution in [0, 0.1) is 10.1 Å². The van der Waals surface area contributed by atoms with Crippen LogP contribution in [0.5, 0.6) is 5.75 Å². The van der Waals surface area contributed by atoms with Crippen molar-refractivity contribution < 1.29 is 10.0 Å². The molecule has 1 N–H and O–H groups in total. The molecule has 0 saturated carbocycles. The summed E-state index contributed by atoms with van der Waals surface area (Å²) in [4.78, 5) is 17.9. The van der Waals surface area contributed by atoms with Crippen LogP contribution in [0.25, 0.3) is 10.9 Å². The first-order chi connectivity index (χ1) is 10.1. The maximum Gasteiger partial charge on any atom is 0.345 e. The molecule has 0 saturated heterocycles. The second-order valence-electron chi connectivity index (χ2n) is 3.94. The second kappa shape index (κ2) is 5.21. The van der Waals surface area contributed by atoms with Gasteiger partial charge in [0.25, 0.3) is 0 Å². The van der Waals surface area contributed by atoms with E-state index in [4.69, 9.17) is 0 Å². The fourth-order valence-electron chi connectivity index (χ4n) is 1.71. The van der Waals surface area contributed by atoms with Crippen molar-refractivity contribution in [3.05, 3.63) is 46.8 Å². The highest BCUT2D eigenvalue weighted by atomic mass is 32.1. The number of aromatic nitrogens is 2. The van der Waals surface area contributed by atoms with E-state index >= 15 is 0 Å². The average molecular weight is 301 g/mol. The van der Waals surface area contributed by atoms with Gasteiger partial charge in [-0.3, -0.25) is 15.1 Å². The lowest BCUT2D eigenvalue weighted by molar-refractivity contribution is -0.380. The molecule has 0 aliphatic carbocycles. The molecule has 0 spiro atoms. The minimum Gasteiger partial charge on any atom is -0.506 e. The first-order valence-corrected chi connectivity index (χ1v) is 6.55. The van der Waals surface area contributed by atoms with E-state index in [0.29, 0.717) is 16.6 Å². The quantitative estimate of drug-likeness (QED) is 0.450. The van der Waals surface area contributed by atoms with Gasteiger partial charge in [-0.25, -0.2) is 4.98 Å². The van der Waals surface area contributed by atoms with Gasteiger partial charge in [-0.05, 0) is 35.6 Å². The number of phenols is 1. The van der Waals surface area contributed by atoms with E-state index < -0.39 is 4.92 Å². The third-order valence-electron chi connectivity index (χ3n) is 2.63. The summed E-state index contributed by atoms with van der Waals surface area (Å²) in [6.45, 7) is 0. The molecule has 0 fully saturated rings. The van der Waals surface area contributed by atoms with E-state index in [-0.39, 0.29) is 15.9 Å². The molecule has 8 nitrogen and oxygen atoms in total. The van der Waals surface area contributed by atoms with Crippen LogP contribution in [-0.4, -0.2) is 20.0 Å². The number of pyridine rings is 1. The number of rotatable bonds is 3. The molecule has 3 rings (SSSR count). The van der Waals surface area contributed by atoms with Gasteiger partial charge in [-0.15, -0.1) is 10.2 Å². The minimum atomic E-state index is -0.531. The zero-order valence-electron chi connectivity index (χ0n) is 10.4. The highest BCUT2D eigenvalue weighted by molar-refractivity contribution is 7.18.